The minimum atomic E-state index is -0.372. The van der Waals surface area contributed by atoms with Gasteiger partial charge in [0.1, 0.15) is 18.1 Å². The number of halogens is 3. The molecule has 0 spiro atoms. The van der Waals surface area contributed by atoms with Crippen LogP contribution in [-0.4, -0.2) is 25.8 Å². The summed E-state index contributed by atoms with van der Waals surface area (Å²) in [6, 6.07) is 8.84. The van der Waals surface area contributed by atoms with Crippen LogP contribution in [-0.2, 0) is 0 Å². The molecule has 0 bridgehead atoms. The molecule has 1 N–H and O–H groups in total. The first-order valence-corrected chi connectivity index (χ1v) is 9.73. The van der Waals surface area contributed by atoms with Gasteiger partial charge in [0.05, 0.1) is 27.8 Å². The predicted molar refractivity (Wildman–Crippen MR) is 113 cm³/mol. The average Bonchev–Trinajstić information content (AvgIpc) is 2.61. The number of nitrogens with one attached hydrogen (secondary N) is 1. The third-order valence-electron chi connectivity index (χ3n) is 3.15. The standard InChI is InChI=1S/C18H15Br3N2O3/c1-3-6-26-17-14(20)7-11(8-15(17)21)10-22-23-18(24)13-9-12(19)4-5-16(13)25-2/h3-5,7-10H,1,6H2,2H3,(H,23,24)/b22-10-. The van der Waals surface area contributed by atoms with Gasteiger partial charge in [0, 0.05) is 4.47 Å². The second-order valence-electron chi connectivity index (χ2n) is 4.96. The Hall–Kier alpha value is -1.64. The highest BCUT2D eigenvalue weighted by Gasteiger charge is 2.12. The van der Waals surface area contributed by atoms with Crippen LogP contribution < -0.4 is 14.9 Å². The maximum Gasteiger partial charge on any atom is 0.275 e. The van der Waals surface area contributed by atoms with E-state index in [-0.39, 0.29) is 5.91 Å². The van der Waals surface area contributed by atoms with Gasteiger partial charge in [-0.25, -0.2) is 5.43 Å². The van der Waals surface area contributed by atoms with Crippen molar-refractivity contribution in [2.45, 2.75) is 0 Å². The molecule has 0 aliphatic rings. The molecule has 2 aromatic rings. The van der Waals surface area contributed by atoms with E-state index < -0.39 is 0 Å². The topological polar surface area (TPSA) is 59.9 Å². The lowest BCUT2D eigenvalue weighted by Crippen LogP contribution is -2.18. The molecule has 8 heteroatoms. The summed E-state index contributed by atoms with van der Waals surface area (Å²) in [6.45, 7) is 4.02. The van der Waals surface area contributed by atoms with Crippen molar-refractivity contribution in [2.24, 2.45) is 5.10 Å². The molecule has 0 atom stereocenters. The maximum atomic E-state index is 12.3. The fourth-order valence-corrected chi connectivity index (χ4v) is 3.83. The number of benzene rings is 2. The summed E-state index contributed by atoms with van der Waals surface area (Å²) >= 11 is 10.2. The minimum absolute atomic E-state index is 0.372. The molecule has 0 aromatic heterocycles. The Kier molecular flexibility index (Phi) is 7.86. The van der Waals surface area contributed by atoms with Crippen LogP contribution >= 0.6 is 47.8 Å². The highest BCUT2D eigenvalue weighted by Crippen LogP contribution is 2.34. The molecule has 0 aliphatic carbocycles. The Morgan fingerprint density at radius 3 is 2.54 bits per heavy atom. The van der Waals surface area contributed by atoms with E-state index in [4.69, 9.17) is 9.47 Å². The van der Waals surface area contributed by atoms with Gasteiger partial charge in [0.15, 0.2) is 0 Å². The molecule has 1 amide bonds. The van der Waals surface area contributed by atoms with Crippen LogP contribution in [0.1, 0.15) is 15.9 Å². The van der Waals surface area contributed by atoms with Gasteiger partial charge in [0.2, 0.25) is 0 Å². The quantitative estimate of drug-likeness (QED) is 0.291. The van der Waals surface area contributed by atoms with Gasteiger partial charge < -0.3 is 9.47 Å². The fraction of sp³-hybridized carbons (Fsp3) is 0.111. The number of ether oxygens (including phenoxy) is 2. The average molecular weight is 547 g/mol. The second-order valence-corrected chi connectivity index (χ2v) is 7.58. The second kappa shape index (κ2) is 9.89. The Balaban J connectivity index is 2.12. The summed E-state index contributed by atoms with van der Waals surface area (Å²) in [4.78, 5) is 12.3. The Morgan fingerprint density at radius 2 is 1.92 bits per heavy atom. The van der Waals surface area contributed by atoms with Gasteiger partial charge in [-0.05, 0) is 67.8 Å². The Morgan fingerprint density at radius 1 is 1.23 bits per heavy atom. The number of hydrazone groups is 1. The van der Waals surface area contributed by atoms with Gasteiger partial charge in [-0.1, -0.05) is 28.6 Å². The van der Waals surface area contributed by atoms with E-state index in [0.29, 0.717) is 23.7 Å². The van der Waals surface area contributed by atoms with Crippen LogP contribution in [0.3, 0.4) is 0 Å². The van der Waals surface area contributed by atoms with E-state index in [1.54, 1.807) is 24.3 Å². The van der Waals surface area contributed by atoms with Crippen molar-refractivity contribution in [1.29, 1.82) is 0 Å². The zero-order valence-electron chi connectivity index (χ0n) is 13.8. The van der Waals surface area contributed by atoms with Crippen LogP contribution in [0.5, 0.6) is 11.5 Å². The van der Waals surface area contributed by atoms with Crippen LogP contribution in [0.15, 0.2) is 61.5 Å². The van der Waals surface area contributed by atoms with Crippen LogP contribution in [0.25, 0.3) is 0 Å². The van der Waals surface area contributed by atoms with Crippen LogP contribution in [0, 0.1) is 0 Å². The van der Waals surface area contributed by atoms with Crippen LogP contribution in [0.4, 0.5) is 0 Å². The van der Waals surface area contributed by atoms with E-state index in [1.165, 1.54) is 13.3 Å². The minimum Gasteiger partial charge on any atom is -0.496 e. The highest BCUT2D eigenvalue weighted by molar-refractivity contribution is 9.11. The monoisotopic (exact) mass is 544 g/mol. The highest BCUT2D eigenvalue weighted by atomic mass is 79.9. The molecule has 0 unspecified atom stereocenters. The molecule has 0 heterocycles. The van der Waals surface area contributed by atoms with Gasteiger partial charge in [-0.3, -0.25) is 4.79 Å². The van der Waals surface area contributed by atoms with Crippen molar-refractivity contribution in [2.75, 3.05) is 13.7 Å². The predicted octanol–water partition coefficient (Wildman–Crippen LogP) is 5.31. The zero-order valence-corrected chi connectivity index (χ0v) is 18.5. The number of hydrogen-bond donors (Lipinski definition) is 1. The smallest absolute Gasteiger partial charge is 0.275 e. The van der Waals surface area contributed by atoms with Crippen molar-refractivity contribution >= 4 is 59.9 Å². The molecule has 0 fully saturated rings. The van der Waals surface area contributed by atoms with Crippen LogP contribution in [0.2, 0.25) is 0 Å². The van der Waals surface area contributed by atoms with Crippen molar-refractivity contribution in [3.63, 3.8) is 0 Å². The molecule has 0 saturated carbocycles. The summed E-state index contributed by atoms with van der Waals surface area (Å²) < 4.78 is 13.1. The van der Waals surface area contributed by atoms with Crippen molar-refractivity contribution < 1.29 is 14.3 Å². The summed E-state index contributed by atoms with van der Waals surface area (Å²) in [5, 5.41) is 4.00. The molecule has 0 radical (unpaired) electrons. The van der Waals surface area contributed by atoms with E-state index in [2.05, 4.69) is 64.9 Å². The molecular weight excluding hydrogens is 532 g/mol. The Labute approximate surface area is 176 Å². The number of carbonyl (C=O) groups is 1. The van der Waals surface area contributed by atoms with E-state index in [1.807, 2.05) is 12.1 Å². The maximum absolute atomic E-state index is 12.3. The number of methoxy groups -OCH3 is 1. The number of amides is 1. The molecule has 0 aliphatic heterocycles. The largest absolute Gasteiger partial charge is 0.496 e. The third-order valence-corrected chi connectivity index (χ3v) is 4.82. The number of hydrogen-bond acceptors (Lipinski definition) is 4. The Bertz CT molecular complexity index is 831. The van der Waals surface area contributed by atoms with Gasteiger partial charge in [-0.15, -0.1) is 0 Å². The summed E-state index contributed by atoms with van der Waals surface area (Å²) in [7, 11) is 1.51. The molecule has 26 heavy (non-hydrogen) atoms. The first-order chi connectivity index (χ1) is 12.5. The number of carbonyl (C=O) groups excluding carboxylic acids is 1. The molecule has 2 aromatic carbocycles. The van der Waals surface area contributed by atoms with Gasteiger partial charge in [-0.2, -0.15) is 5.10 Å². The molecule has 2 rings (SSSR count). The van der Waals surface area contributed by atoms with E-state index in [9.17, 15) is 4.79 Å². The summed E-state index contributed by atoms with van der Waals surface area (Å²) in [5.74, 6) is 0.767. The number of rotatable bonds is 7. The SMILES string of the molecule is C=CCOc1c(Br)cc(/C=N\NC(=O)c2cc(Br)ccc2OC)cc1Br. The molecule has 5 nitrogen and oxygen atoms in total. The normalized spacial score (nSPS) is 10.6. The van der Waals surface area contributed by atoms with Gasteiger partial charge in [0.25, 0.3) is 5.91 Å². The first kappa shape index (κ1) is 20.7. The van der Waals surface area contributed by atoms with E-state index in [0.717, 1.165) is 19.0 Å². The lowest BCUT2D eigenvalue weighted by Gasteiger charge is -2.09. The van der Waals surface area contributed by atoms with E-state index >= 15 is 0 Å². The fourth-order valence-electron chi connectivity index (χ4n) is 2.02. The molecule has 0 saturated heterocycles. The van der Waals surface area contributed by atoms with Crippen molar-refractivity contribution in [3.05, 3.63) is 67.5 Å². The lowest BCUT2D eigenvalue weighted by molar-refractivity contribution is 0.0952. The van der Waals surface area contributed by atoms with Crippen molar-refractivity contribution in [1.82, 2.24) is 5.43 Å². The number of nitrogens with zero attached hydrogens (tertiary/aromatic N) is 1. The third kappa shape index (κ3) is 5.43. The first-order valence-electron chi connectivity index (χ1n) is 7.36. The molecular formula is C18H15Br3N2O3. The van der Waals surface area contributed by atoms with Crippen molar-refractivity contribution in [3.8, 4) is 11.5 Å². The summed E-state index contributed by atoms with van der Waals surface area (Å²) in [6.07, 6.45) is 3.20. The summed E-state index contributed by atoms with van der Waals surface area (Å²) in [5.41, 5.74) is 3.65. The zero-order chi connectivity index (χ0) is 19.1. The van der Waals surface area contributed by atoms with Gasteiger partial charge >= 0.3 is 0 Å². The lowest BCUT2D eigenvalue weighted by atomic mass is 10.2. The molecule has 136 valence electrons.